The highest BCUT2D eigenvalue weighted by Crippen LogP contribution is 2.45. The van der Waals surface area contributed by atoms with E-state index in [0.717, 1.165) is 66.9 Å². The molecule has 0 atom stereocenters. The average Bonchev–Trinajstić information content (AvgIpc) is 3.91. The van der Waals surface area contributed by atoms with Crippen molar-refractivity contribution in [2.45, 2.75) is 0 Å². The summed E-state index contributed by atoms with van der Waals surface area (Å²) in [4.78, 5) is 2.39. The number of aromatic nitrogens is 1. The van der Waals surface area contributed by atoms with E-state index < -0.39 is 0 Å². The molecular formula is C60H40N2O. The minimum Gasteiger partial charge on any atom is -0.455 e. The summed E-state index contributed by atoms with van der Waals surface area (Å²) in [7, 11) is 0. The Morgan fingerprint density at radius 1 is 0.302 bits per heavy atom. The molecule has 0 N–H and O–H groups in total. The number of rotatable bonds is 8. The van der Waals surface area contributed by atoms with E-state index in [1.807, 2.05) is 6.07 Å². The molecule has 0 aliphatic heterocycles. The Morgan fingerprint density at radius 3 is 1.48 bits per heavy atom. The maximum absolute atomic E-state index is 6.81. The van der Waals surface area contributed by atoms with Crippen molar-refractivity contribution in [3.63, 3.8) is 0 Å². The van der Waals surface area contributed by atoms with E-state index in [4.69, 9.17) is 4.42 Å². The molecule has 0 amide bonds. The van der Waals surface area contributed by atoms with Gasteiger partial charge in [0.15, 0.2) is 0 Å². The third-order valence-corrected chi connectivity index (χ3v) is 12.4. The summed E-state index contributed by atoms with van der Waals surface area (Å²) in [6.07, 6.45) is 0. The zero-order valence-corrected chi connectivity index (χ0v) is 34.4. The van der Waals surface area contributed by atoms with E-state index in [2.05, 4.69) is 246 Å². The van der Waals surface area contributed by atoms with Crippen molar-refractivity contribution in [2.24, 2.45) is 0 Å². The van der Waals surface area contributed by atoms with Gasteiger partial charge in [0.05, 0.1) is 11.0 Å². The number of nitrogens with zero attached hydrogens (tertiary/aromatic N) is 2. The third kappa shape index (κ3) is 6.46. The second kappa shape index (κ2) is 15.3. The van der Waals surface area contributed by atoms with Crippen LogP contribution in [0.15, 0.2) is 247 Å². The predicted molar refractivity (Wildman–Crippen MR) is 264 cm³/mol. The van der Waals surface area contributed by atoms with E-state index in [-0.39, 0.29) is 0 Å². The van der Waals surface area contributed by atoms with Gasteiger partial charge in [-0.1, -0.05) is 176 Å². The Balaban J connectivity index is 1.05. The smallest absolute Gasteiger partial charge is 0.143 e. The van der Waals surface area contributed by atoms with Crippen LogP contribution >= 0.6 is 0 Å². The molecule has 2 aromatic heterocycles. The van der Waals surface area contributed by atoms with Crippen molar-refractivity contribution >= 4 is 60.8 Å². The van der Waals surface area contributed by atoms with Gasteiger partial charge in [-0.2, -0.15) is 0 Å². The van der Waals surface area contributed by atoms with Crippen molar-refractivity contribution in [3.05, 3.63) is 243 Å². The Labute approximate surface area is 366 Å². The first-order chi connectivity index (χ1) is 31.2. The Morgan fingerprint density at radius 2 is 0.810 bits per heavy atom. The van der Waals surface area contributed by atoms with Crippen LogP contribution in [0.4, 0.5) is 17.1 Å². The fourth-order valence-electron chi connectivity index (χ4n) is 9.36. The summed E-state index contributed by atoms with van der Waals surface area (Å²) in [5.74, 6) is 0. The fourth-order valence-corrected chi connectivity index (χ4v) is 9.36. The summed E-state index contributed by atoms with van der Waals surface area (Å²) in [6.45, 7) is 0. The van der Waals surface area contributed by atoms with Crippen LogP contribution in [0.3, 0.4) is 0 Å². The largest absolute Gasteiger partial charge is 0.455 e. The van der Waals surface area contributed by atoms with E-state index in [0.29, 0.717) is 0 Å². The molecule has 3 nitrogen and oxygen atoms in total. The highest BCUT2D eigenvalue weighted by atomic mass is 16.3. The van der Waals surface area contributed by atoms with E-state index >= 15 is 0 Å². The second-order valence-electron chi connectivity index (χ2n) is 16.1. The molecule has 0 aliphatic rings. The lowest BCUT2D eigenvalue weighted by atomic mass is 9.98. The lowest BCUT2D eigenvalue weighted by molar-refractivity contribution is 0.670. The second-order valence-corrected chi connectivity index (χ2v) is 16.1. The number of furan rings is 1. The van der Waals surface area contributed by atoms with Crippen molar-refractivity contribution in [3.8, 4) is 50.2 Å². The summed E-state index contributed by atoms with van der Waals surface area (Å²) in [6, 6.07) is 87.1. The average molecular weight is 805 g/mol. The SMILES string of the molecule is c1ccc(-c2ccc(-c3cccc(N(c4ccc(-c5ccccc5)cc4)c4cc(-c5cccc(-n6c7ccccc7c7ccccc76)c5)c5oc6ccccc6c5c4)c3)cc2)cc1. The molecule has 63 heavy (non-hydrogen) atoms. The van der Waals surface area contributed by atoms with Gasteiger partial charge in [0.25, 0.3) is 0 Å². The highest BCUT2D eigenvalue weighted by Gasteiger charge is 2.21. The first kappa shape index (κ1) is 36.5. The van der Waals surface area contributed by atoms with Crippen LogP contribution < -0.4 is 4.90 Å². The van der Waals surface area contributed by atoms with Gasteiger partial charge in [-0.05, 0) is 106 Å². The van der Waals surface area contributed by atoms with E-state index in [9.17, 15) is 0 Å². The quantitative estimate of drug-likeness (QED) is 0.153. The number of hydrogen-bond acceptors (Lipinski definition) is 2. The minimum absolute atomic E-state index is 0.865. The topological polar surface area (TPSA) is 21.3 Å². The van der Waals surface area contributed by atoms with Gasteiger partial charge in [-0.15, -0.1) is 0 Å². The lowest BCUT2D eigenvalue weighted by Crippen LogP contribution is -2.10. The molecule has 0 spiro atoms. The molecule has 10 aromatic carbocycles. The predicted octanol–water partition coefficient (Wildman–Crippen LogP) is 16.8. The maximum atomic E-state index is 6.81. The highest BCUT2D eigenvalue weighted by molar-refractivity contribution is 6.12. The van der Waals surface area contributed by atoms with Gasteiger partial charge < -0.3 is 13.9 Å². The van der Waals surface area contributed by atoms with E-state index in [1.54, 1.807) is 0 Å². The molecule has 0 aliphatic carbocycles. The Bertz CT molecular complexity index is 3550. The van der Waals surface area contributed by atoms with Crippen molar-refractivity contribution in [1.82, 2.24) is 4.57 Å². The van der Waals surface area contributed by atoms with Crippen LogP contribution in [0.2, 0.25) is 0 Å². The normalized spacial score (nSPS) is 11.5. The van der Waals surface area contributed by atoms with Crippen molar-refractivity contribution in [1.29, 1.82) is 0 Å². The Kier molecular flexibility index (Phi) is 8.83. The first-order valence-corrected chi connectivity index (χ1v) is 21.5. The molecule has 296 valence electrons. The summed E-state index contributed by atoms with van der Waals surface area (Å²) >= 11 is 0. The van der Waals surface area contributed by atoms with Crippen LogP contribution in [0.1, 0.15) is 0 Å². The minimum atomic E-state index is 0.865. The van der Waals surface area contributed by atoms with Crippen LogP contribution in [0.5, 0.6) is 0 Å². The molecular weight excluding hydrogens is 765 g/mol. The number of hydrogen-bond donors (Lipinski definition) is 0. The molecule has 3 heteroatoms. The molecule has 2 heterocycles. The van der Waals surface area contributed by atoms with E-state index in [1.165, 1.54) is 44.1 Å². The first-order valence-electron chi connectivity index (χ1n) is 21.5. The summed E-state index contributed by atoms with van der Waals surface area (Å²) in [5.41, 5.74) is 17.5. The van der Waals surface area contributed by atoms with Gasteiger partial charge in [0.2, 0.25) is 0 Å². The monoisotopic (exact) mass is 804 g/mol. The van der Waals surface area contributed by atoms with Gasteiger partial charge in [-0.3, -0.25) is 0 Å². The molecule has 0 saturated carbocycles. The Hall–Kier alpha value is -8.40. The van der Waals surface area contributed by atoms with Gasteiger partial charge >= 0.3 is 0 Å². The van der Waals surface area contributed by atoms with Gasteiger partial charge in [-0.25, -0.2) is 0 Å². The van der Waals surface area contributed by atoms with Gasteiger partial charge in [0.1, 0.15) is 11.2 Å². The van der Waals surface area contributed by atoms with Crippen molar-refractivity contribution in [2.75, 3.05) is 4.90 Å². The summed E-state index contributed by atoms with van der Waals surface area (Å²) in [5, 5.41) is 4.63. The molecule has 0 bridgehead atoms. The molecule has 0 radical (unpaired) electrons. The molecule has 0 saturated heterocycles. The number of fused-ring (bicyclic) bond motifs is 6. The standard InChI is InChI=1S/C60H40N2O/c1-3-15-41(16-4-1)43-29-31-45(32-30-43)46-19-13-21-49(37-46)61(48-35-33-44(34-36-48)42-17-5-2-6-18-42)51-39-55(60-56(40-51)54-25-9-12-28-59(54)63-60)47-20-14-22-50(38-47)62-57-26-10-7-23-52(57)53-24-8-11-27-58(53)62/h1-40H. The zero-order chi connectivity index (χ0) is 41.7. The number of benzene rings is 10. The number of anilines is 3. The maximum Gasteiger partial charge on any atom is 0.143 e. The van der Waals surface area contributed by atoms with Crippen LogP contribution in [0.25, 0.3) is 93.9 Å². The molecule has 0 fully saturated rings. The zero-order valence-electron chi connectivity index (χ0n) is 34.4. The third-order valence-electron chi connectivity index (χ3n) is 12.4. The number of para-hydroxylation sites is 3. The molecule has 12 aromatic rings. The van der Waals surface area contributed by atoms with Gasteiger partial charge in [0, 0.05) is 49.9 Å². The molecule has 12 rings (SSSR count). The lowest BCUT2D eigenvalue weighted by Gasteiger charge is -2.27. The van der Waals surface area contributed by atoms with Crippen LogP contribution in [0, 0.1) is 0 Å². The summed E-state index contributed by atoms with van der Waals surface area (Å²) < 4.78 is 9.19. The fraction of sp³-hybridized carbons (Fsp3) is 0. The van der Waals surface area contributed by atoms with Crippen LogP contribution in [-0.4, -0.2) is 4.57 Å². The van der Waals surface area contributed by atoms with Crippen LogP contribution in [-0.2, 0) is 0 Å². The molecule has 0 unspecified atom stereocenters. The van der Waals surface area contributed by atoms with Crippen molar-refractivity contribution < 1.29 is 4.42 Å².